The number of ether oxygens (including phenoxy) is 1. The first kappa shape index (κ1) is 14.7. The minimum Gasteiger partial charge on any atom is -0.496 e. The second-order valence-electron chi connectivity index (χ2n) is 4.01. The molecule has 0 bridgehead atoms. The molecule has 2 aromatic rings. The molecule has 3 N–H and O–H groups in total. The Morgan fingerprint density at radius 3 is 2.75 bits per heavy atom. The van der Waals surface area contributed by atoms with E-state index < -0.39 is 0 Å². The summed E-state index contributed by atoms with van der Waals surface area (Å²) < 4.78 is 5.87. The topological polar surface area (TPSA) is 64.3 Å². The molecule has 0 spiro atoms. The van der Waals surface area contributed by atoms with Crippen molar-refractivity contribution in [2.75, 3.05) is 18.2 Å². The van der Waals surface area contributed by atoms with Crippen molar-refractivity contribution in [3.05, 3.63) is 51.5 Å². The Morgan fingerprint density at radius 2 is 2.10 bits per heavy atom. The number of hydrogen-bond donors (Lipinski definition) is 2. The summed E-state index contributed by atoms with van der Waals surface area (Å²) in [4.78, 5) is 12.2. The predicted molar refractivity (Wildman–Crippen MR) is 84.5 cm³/mol. The number of hydrogen-bond acceptors (Lipinski definition) is 3. The van der Waals surface area contributed by atoms with E-state index in [0.717, 1.165) is 4.47 Å². The highest BCUT2D eigenvalue weighted by Crippen LogP contribution is 2.29. The third-order valence-corrected chi connectivity index (χ3v) is 3.72. The van der Waals surface area contributed by atoms with Gasteiger partial charge in [0.25, 0.3) is 5.91 Å². The maximum Gasteiger partial charge on any atom is 0.257 e. The molecule has 0 radical (unpaired) electrons. The molecule has 2 aromatic carbocycles. The van der Waals surface area contributed by atoms with Gasteiger partial charge in [-0.2, -0.15) is 0 Å². The number of benzene rings is 2. The van der Waals surface area contributed by atoms with Crippen LogP contribution in [0.25, 0.3) is 0 Å². The maximum atomic E-state index is 12.2. The van der Waals surface area contributed by atoms with E-state index in [1.807, 2.05) is 0 Å². The van der Waals surface area contributed by atoms with Crippen LogP contribution in [0.15, 0.2) is 40.9 Å². The summed E-state index contributed by atoms with van der Waals surface area (Å²) in [6.45, 7) is 0. The molecular weight excluding hydrogens is 344 g/mol. The number of amides is 1. The van der Waals surface area contributed by atoms with E-state index in [9.17, 15) is 4.79 Å². The molecule has 20 heavy (non-hydrogen) atoms. The summed E-state index contributed by atoms with van der Waals surface area (Å²) in [6, 6.07) is 10.2. The quantitative estimate of drug-likeness (QED) is 0.820. The summed E-state index contributed by atoms with van der Waals surface area (Å²) in [5, 5.41) is 3.00. The van der Waals surface area contributed by atoms with Gasteiger partial charge in [0.05, 0.1) is 27.9 Å². The van der Waals surface area contributed by atoms with Gasteiger partial charge in [-0.15, -0.1) is 0 Å². The van der Waals surface area contributed by atoms with Crippen LogP contribution in [0, 0.1) is 0 Å². The number of anilines is 2. The molecule has 2 rings (SSSR count). The van der Waals surface area contributed by atoms with Gasteiger partial charge < -0.3 is 15.8 Å². The average Bonchev–Trinajstić information content (AvgIpc) is 2.42. The van der Waals surface area contributed by atoms with Crippen molar-refractivity contribution in [1.82, 2.24) is 0 Å². The molecule has 0 aliphatic heterocycles. The SMILES string of the molecule is COc1ccc(NC(=O)c2cccc(N)c2Cl)cc1Br. The lowest BCUT2D eigenvalue weighted by atomic mass is 10.2. The third kappa shape index (κ3) is 3.05. The predicted octanol–water partition coefficient (Wildman–Crippen LogP) is 3.95. The van der Waals surface area contributed by atoms with Crippen molar-refractivity contribution in [2.24, 2.45) is 0 Å². The van der Waals surface area contributed by atoms with Crippen LogP contribution >= 0.6 is 27.5 Å². The zero-order valence-electron chi connectivity index (χ0n) is 10.6. The van der Waals surface area contributed by atoms with Crippen molar-refractivity contribution in [1.29, 1.82) is 0 Å². The lowest BCUT2D eigenvalue weighted by molar-refractivity contribution is 0.102. The molecule has 6 heteroatoms. The van der Waals surface area contributed by atoms with E-state index in [1.165, 1.54) is 0 Å². The van der Waals surface area contributed by atoms with Crippen LogP contribution in [0.1, 0.15) is 10.4 Å². The lowest BCUT2D eigenvalue weighted by Crippen LogP contribution is -2.13. The van der Waals surface area contributed by atoms with Crippen molar-refractivity contribution >= 4 is 44.8 Å². The highest BCUT2D eigenvalue weighted by atomic mass is 79.9. The number of carbonyl (C=O) groups is 1. The number of rotatable bonds is 3. The van der Waals surface area contributed by atoms with Crippen molar-refractivity contribution in [2.45, 2.75) is 0 Å². The van der Waals surface area contributed by atoms with Crippen LogP contribution in [0.5, 0.6) is 5.75 Å². The minimum absolute atomic E-state index is 0.248. The first-order chi connectivity index (χ1) is 9.52. The Balaban J connectivity index is 2.24. The molecule has 104 valence electrons. The Hall–Kier alpha value is -1.72. The van der Waals surface area contributed by atoms with Crippen LogP contribution in [-0.4, -0.2) is 13.0 Å². The molecule has 0 unspecified atom stereocenters. The molecule has 0 fully saturated rings. The molecule has 0 saturated carbocycles. The van der Waals surface area contributed by atoms with Gasteiger partial charge in [0.1, 0.15) is 5.75 Å². The van der Waals surface area contributed by atoms with Crippen LogP contribution in [-0.2, 0) is 0 Å². The number of nitrogen functional groups attached to an aromatic ring is 1. The molecule has 0 aromatic heterocycles. The van der Waals surface area contributed by atoms with Gasteiger partial charge in [-0.25, -0.2) is 0 Å². The standard InChI is InChI=1S/C14H12BrClN2O2/c1-20-12-6-5-8(7-10(12)15)18-14(19)9-3-2-4-11(17)13(9)16/h2-7H,17H2,1H3,(H,18,19). The van der Waals surface area contributed by atoms with Gasteiger partial charge in [0.15, 0.2) is 0 Å². The monoisotopic (exact) mass is 354 g/mol. The number of nitrogens with one attached hydrogen (secondary N) is 1. The summed E-state index contributed by atoms with van der Waals surface area (Å²) in [5.41, 5.74) is 7.01. The molecule has 0 saturated heterocycles. The Kier molecular flexibility index (Phi) is 4.52. The average molecular weight is 356 g/mol. The lowest BCUT2D eigenvalue weighted by Gasteiger charge is -2.10. The highest BCUT2D eigenvalue weighted by molar-refractivity contribution is 9.10. The van der Waals surface area contributed by atoms with E-state index in [0.29, 0.717) is 22.7 Å². The smallest absolute Gasteiger partial charge is 0.257 e. The number of nitrogens with two attached hydrogens (primary N) is 1. The largest absolute Gasteiger partial charge is 0.496 e. The van der Waals surface area contributed by atoms with Crippen LogP contribution in [0.4, 0.5) is 11.4 Å². The number of carbonyl (C=O) groups excluding carboxylic acids is 1. The normalized spacial score (nSPS) is 10.2. The first-order valence-corrected chi connectivity index (χ1v) is 6.89. The summed E-state index contributed by atoms with van der Waals surface area (Å²) in [7, 11) is 1.57. The third-order valence-electron chi connectivity index (χ3n) is 2.68. The highest BCUT2D eigenvalue weighted by Gasteiger charge is 2.13. The van der Waals surface area contributed by atoms with Gasteiger partial charge in [-0.1, -0.05) is 17.7 Å². The molecule has 4 nitrogen and oxygen atoms in total. The van der Waals surface area contributed by atoms with Crippen molar-refractivity contribution in [3.8, 4) is 5.75 Å². The second kappa shape index (κ2) is 6.15. The van der Waals surface area contributed by atoms with Gasteiger partial charge in [0, 0.05) is 5.69 Å². The van der Waals surface area contributed by atoms with E-state index in [2.05, 4.69) is 21.2 Å². The molecule has 0 heterocycles. The van der Waals surface area contributed by atoms with E-state index in [4.69, 9.17) is 22.1 Å². The van der Waals surface area contributed by atoms with E-state index in [1.54, 1.807) is 43.5 Å². The zero-order valence-corrected chi connectivity index (χ0v) is 13.0. The fourth-order valence-corrected chi connectivity index (χ4v) is 2.42. The van der Waals surface area contributed by atoms with Gasteiger partial charge in [-0.05, 0) is 46.3 Å². The van der Waals surface area contributed by atoms with Crippen LogP contribution < -0.4 is 15.8 Å². The molecule has 0 atom stereocenters. The summed E-state index contributed by atoms with van der Waals surface area (Å²) in [5.74, 6) is 0.365. The molecular formula is C14H12BrClN2O2. The van der Waals surface area contributed by atoms with E-state index >= 15 is 0 Å². The number of halogens is 2. The van der Waals surface area contributed by atoms with Crippen LogP contribution in [0.2, 0.25) is 5.02 Å². The molecule has 0 aliphatic rings. The minimum atomic E-state index is -0.320. The van der Waals surface area contributed by atoms with E-state index in [-0.39, 0.29) is 10.9 Å². The summed E-state index contributed by atoms with van der Waals surface area (Å²) in [6.07, 6.45) is 0. The first-order valence-electron chi connectivity index (χ1n) is 5.72. The fourth-order valence-electron chi connectivity index (χ4n) is 1.67. The molecule has 1 amide bonds. The summed E-state index contributed by atoms with van der Waals surface area (Å²) >= 11 is 9.38. The van der Waals surface area contributed by atoms with Gasteiger partial charge >= 0.3 is 0 Å². The van der Waals surface area contributed by atoms with Gasteiger partial charge in [-0.3, -0.25) is 4.79 Å². The van der Waals surface area contributed by atoms with Crippen molar-refractivity contribution < 1.29 is 9.53 Å². The van der Waals surface area contributed by atoms with Crippen molar-refractivity contribution in [3.63, 3.8) is 0 Å². The Bertz CT molecular complexity index is 662. The van der Waals surface area contributed by atoms with Gasteiger partial charge in [0.2, 0.25) is 0 Å². The maximum absolute atomic E-state index is 12.2. The number of methoxy groups -OCH3 is 1. The van der Waals surface area contributed by atoms with Crippen LogP contribution in [0.3, 0.4) is 0 Å². The zero-order chi connectivity index (χ0) is 14.7. The Labute approximate surface area is 130 Å². The Morgan fingerprint density at radius 1 is 1.35 bits per heavy atom. The molecule has 0 aliphatic carbocycles. The fraction of sp³-hybridized carbons (Fsp3) is 0.0714. The second-order valence-corrected chi connectivity index (χ2v) is 5.24.